The quantitative estimate of drug-likeness (QED) is 0.535. The molecule has 1 amide bonds. The van der Waals surface area contributed by atoms with Gasteiger partial charge in [0.25, 0.3) is 0 Å². The number of carbonyl (C=O) groups is 1. The summed E-state index contributed by atoms with van der Waals surface area (Å²) in [6, 6.07) is 12.4. The molecule has 1 N–H and O–H groups in total. The van der Waals surface area contributed by atoms with Gasteiger partial charge in [0.15, 0.2) is 0 Å². The highest BCUT2D eigenvalue weighted by atomic mass is 32.2. The highest BCUT2D eigenvalue weighted by molar-refractivity contribution is 8.00. The van der Waals surface area contributed by atoms with Gasteiger partial charge in [-0.15, -0.1) is 11.3 Å². The third-order valence-corrected chi connectivity index (χ3v) is 5.45. The zero-order valence-electron chi connectivity index (χ0n) is 14.8. The van der Waals surface area contributed by atoms with Crippen molar-refractivity contribution in [1.29, 1.82) is 0 Å². The van der Waals surface area contributed by atoms with Crippen LogP contribution in [0.1, 0.15) is 26.6 Å². The van der Waals surface area contributed by atoms with Gasteiger partial charge in [-0.25, -0.2) is 9.97 Å². The van der Waals surface area contributed by atoms with E-state index in [1.165, 1.54) is 17.3 Å². The van der Waals surface area contributed by atoms with E-state index >= 15 is 0 Å². The van der Waals surface area contributed by atoms with E-state index in [1.807, 2.05) is 45.9 Å². The lowest BCUT2D eigenvalue weighted by Crippen LogP contribution is -2.41. The minimum absolute atomic E-state index is 0.0143. The fourth-order valence-corrected chi connectivity index (χ4v) is 4.43. The van der Waals surface area contributed by atoms with Crippen LogP contribution in [0.3, 0.4) is 0 Å². The Hall–Kier alpha value is -1.92. The number of benzene rings is 1. The summed E-state index contributed by atoms with van der Waals surface area (Å²) in [7, 11) is 0. The van der Waals surface area contributed by atoms with Crippen molar-refractivity contribution in [2.75, 3.05) is 5.75 Å². The van der Waals surface area contributed by atoms with Gasteiger partial charge < -0.3 is 5.32 Å². The lowest BCUT2D eigenvalue weighted by molar-refractivity contribution is -0.119. The van der Waals surface area contributed by atoms with Crippen LogP contribution in [0.4, 0.5) is 0 Å². The number of fused-ring (bicyclic) bond motifs is 1. The third-order valence-electron chi connectivity index (χ3n) is 3.38. The maximum atomic E-state index is 12.1. The summed E-state index contributed by atoms with van der Waals surface area (Å²) in [6.07, 6.45) is 0. The number of amides is 1. The second-order valence-corrected chi connectivity index (χ2v) is 8.85. The number of aromatic nitrogens is 2. The maximum Gasteiger partial charge on any atom is 0.230 e. The van der Waals surface area contributed by atoms with Gasteiger partial charge in [0.1, 0.15) is 15.7 Å². The number of thioether (sulfide) groups is 1. The first-order valence-corrected chi connectivity index (χ1v) is 9.89. The number of rotatable bonds is 4. The highest BCUT2D eigenvalue weighted by Crippen LogP contribution is 2.36. The van der Waals surface area contributed by atoms with E-state index in [1.54, 1.807) is 11.3 Å². The van der Waals surface area contributed by atoms with Crippen LogP contribution in [0.25, 0.3) is 20.7 Å². The van der Waals surface area contributed by atoms with Crippen LogP contribution in [0.2, 0.25) is 0 Å². The van der Waals surface area contributed by atoms with Gasteiger partial charge in [-0.05, 0) is 39.3 Å². The van der Waals surface area contributed by atoms with Gasteiger partial charge >= 0.3 is 0 Å². The van der Waals surface area contributed by atoms with Crippen LogP contribution in [-0.4, -0.2) is 27.2 Å². The Balaban J connectivity index is 1.88. The van der Waals surface area contributed by atoms with E-state index in [4.69, 9.17) is 0 Å². The lowest BCUT2D eigenvalue weighted by Gasteiger charge is -2.20. The Morgan fingerprint density at radius 3 is 2.60 bits per heavy atom. The topological polar surface area (TPSA) is 54.9 Å². The molecule has 3 rings (SSSR count). The maximum absolute atomic E-state index is 12.1. The third kappa shape index (κ3) is 4.58. The summed E-state index contributed by atoms with van der Waals surface area (Å²) >= 11 is 3.12. The van der Waals surface area contributed by atoms with Crippen molar-refractivity contribution in [2.45, 2.75) is 38.3 Å². The van der Waals surface area contributed by atoms with E-state index in [-0.39, 0.29) is 11.4 Å². The van der Waals surface area contributed by atoms with Gasteiger partial charge in [-0.2, -0.15) is 0 Å². The van der Waals surface area contributed by atoms with E-state index in [0.717, 1.165) is 25.9 Å². The largest absolute Gasteiger partial charge is 0.351 e. The molecule has 0 bridgehead atoms. The molecule has 130 valence electrons. The number of hydrogen-bond acceptors (Lipinski definition) is 5. The van der Waals surface area contributed by atoms with Crippen LogP contribution in [0.5, 0.6) is 0 Å². The van der Waals surface area contributed by atoms with Crippen molar-refractivity contribution in [3.63, 3.8) is 0 Å². The van der Waals surface area contributed by atoms with Crippen molar-refractivity contribution in [3.8, 4) is 10.4 Å². The molecule has 2 heterocycles. The first-order valence-electron chi connectivity index (χ1n) is 8.09. The van der Waals surface area contributed by atoms with E-state index in [0.29, 0.717) is 5.75 Å². The standard InChI is InChI=1S/C19H21N3OS2/c1-12-20-17(24-11-16(23)22-19(2,3)4)14-10-15(25-18(14)21-12)13-8-6-5-7-9-13/h5-10H,11H2,1-4H3,(H,22,23). The number of thiophene rings is 1. The fraction of sp³-hybridized carbons (Fsp3) is 0.316. The molecule has 0 aliphatic heterocycles. The zero-order chi connectivity index (χ0) is 18.0. The zero-order valence-corrected chi connectivity index (χ0v) is 16.4. The fourth-order valence-electron chi connectivity index (χ4n) is 2.44. The van der Waals surface area contributed by atoms with Gasteiger partial charge in [0.2, 0.25) is 5.91 Å². The van der Waals surface area contributed by atoms with E-state index in [2.05, 4.69) is 33.5 Å². The molecule has 0 fully saturated rings. The van der Waals surface area contributed by atoms with Gasteiger partial charge in [0.05, 0.1) is 5.75 Å². The number of aryl methyl sites for hydroxylation is 1. The Labute approximate surface area is 156 Å². The average molecular weight is 372 g/mol. The first-order chi connectivity index (χ1) is 11.8. The number of carbonyl (C=O) groups excluding carboxylic acids is 1. The normalized spacial score (nSPS) is 11.7. The molecule has 0 aliphatic carbocycles. The summed E-state index contributed by atoms with van der Waals surface area (Å²) in [5.74, 6) is 1.09. The molecule has 2 aromatic heterocycles. The Morgan fingerprint density at radius 2 is 1.92 bits per heavy atom. The minimum Gasteiger partial charge on any atom is -0.351 e. The van der Waals surface area contributed by atoms with Crippen LogP contribution >= 0.6 is 23.1 Å². The second kappa shape index (κ2) is 7.14. The molecular weight excluding hydrogens is 350 g/mol. The lowest BCUT2D eigenvalue weighted by atomic mass is 10.1. The van der Waals surface area contributed by atoms with Crippen LogP contribution in [0, 0.1) is 6.92 Å². The van der Waals surface area contributed by atoms with Crippen LogP contribution in [-0.2, 0) is 4.79 Å². The average Bonchev–Trinajstić information content (AvgIpc) is 2.95. The van der Waals surface area contributed by atoms with Crippen molar-refractivity contribution in [2.24, 2.45) is 0 Å². The summed E-state index contributed by atoms with van der Waals surface area (Å²) in [4.78, 5) is 23.4. The molecule has 0 unspecified atom stereocenters. The van der Waals surface area contributed by atoms with E-state index < -0.39 is 0 Å². The molecule has 0 radical (unpaired) electrons. The molecule has 0 spiro atoms. The first kappa shape index (κ1) is 17.9. The molecular formula is C19H21N3OS2. The summed E-state index contributed by atoms with van der Waals surface area (Å²) in [6.45, 7) is 7.83. The Kier molecular flexibility index (Phi) is 5.11. The van der Waals surface area contributed by atoms with Crippen LogP contribution in [0.15, 0.2) is 41.4 Å². The molecule has 0 saturated carbocycles. The predicted molar refractivity (Wildman–Crippen MR) is 106 cm³/mol. The summed E-state index contributed by atoms with van der Waals surface area (Å²) in [5.41, 5.74) is 0.946. The minimum atomic E-state index is -0.225. The van der Waals surface area contributed by atoms with Gasteiger partial charge in [-0.1, -0.05) is 42.1 Å². The second-order valence-electron chi connectivity index (χ2n) is 6.86. The molecule has 0 atom stereocenters. The van der Waals surface area contributed by atoms with Gasteiger partial charge in [0, 0.05) is 15.8 Å². The van der Waals surface area contributed by atoms with Crippen molar-refractivity contribution < 1.29 is 4.79 Å². The summed E-state index contributed by atoms with van der Waals surface area (Å²) in [5, 5.41) is 4.86. The number of nitrogens with one attached hydrogen (secondary N) is 1. The molecule has 25 heavy (non-hydrogen) atoms. The Bertz CT molecular complexity index is 898. The SMILES string of the molecule is Cc1nc(SCC(=O)NC(C)(C)C)c2cc(-c3ccccc3)sc2n1. The highest BCUT2D eigenvalue weighted by Gasteiger charge is 2.16. The Morgan fingerprint density at radius 1 is 1.20 bits per heavy atom. The molecule has 6 heteroatoms. The van der Waals surface area contributed by atoms with Gasteiger partial charge in [-0.3, -0.25) is 4.79 Å². The van der Waals surface area contributed by atoms with Crippen molar-refractivity contribution in [3.05, 3.63) is 42.2 Å². The molecule has 0 saturated heterocycles. The van der Waals surface area contributed by atoms with Crippen LogP contribution < -0.4 is 5.32 Å². The van der Waals surface area contributed by atoms with Crippen molar-refractivity contribution >= 4 is 39.2 Å². The molecule has 0 aliphatic rings. The van der Waals surface area contributed by atoms with E-state index in [9.17, 15) is 4.79 Å². The summed E-state index contributed by atoms with van der Waals surface area (Å²) < 4.78 is 0. The smallest absolute Gasteiger partial charge is 0.230 e. The number of hydrogen-bond donors (Lipinski definition) is 1. The molecule has 4 nitrogen and oxygen atoms in total. The molecule has 1 aromatic carbocycles. The van der Waals surface area contributed by atoms with Crippen molar-refractivity contribution in [1.82, 2.24) is 15.3 Å². The predicted octanol–water partition coefficient (Wildman–Crippen LogP) is 4.67. The molecule has 3 aromatic rings. The number of nitrogens with zero attached hydrogens (tertiary/aromatic N) is 2. The monoisotopic (exact) mass is 371 g/mol.